The topological polar surface area (TPSA) is 24.7 Å². The van der Waals surface area contributed by atoms with Crippen LogP contribution in [-0.2, 0) is 6.18 Å². The number of hydrogen-bond acceptors (Lipinski definition) is 2. The van der Waals surface area contributed by atoms with Gasteiger partial charge >= 0.3 is 6.18 Å². The minimum absolute atomic E-state index is 0.499. The molecule has 0 saturated heterocycles. The minimum Gasteiger partial charge on any atom is -0.258 e. The summed E-state index contributed by atoms with van der Waals surface area (Å²) >= 11 is 0. The molecular weight excluding hydrogens is 349 g/mol. The molecule has 0 unspecified atom stereocenters. The average molecular weight is 368 g/mol. The van der Waals surface area contributed by atoms with Gasteiger partial charge in [0.25, 0.3) is 0 Å². The zero-order valence-electron chi connectivity index (χ0n) is 15.1. The van der Waals surface area contributed by atoms with Crippen molar-refractivity contribution in [2.24, 2.45) is 9.98 Å². The van der Waals surface area contributed by atoms with E-state index in [1.807, 2.05) is 50.2 Å². The van der Waals surface area contributed by atoms with Crippen molar-refractivity contribution < 1.29 is 13.2 Å². The lowest BCUT2D eigenvalue weighted by atomic mass is 10.1. The third-order valence-electron chi connectivity index (χ3n) is 4.08. The predicted octanol–water partition coefficient (Wildman–Crippen LogP) is 7.13. The van der Waals surface area contributed by atoms with Crippen LogP contribution in [-0.4, -0.2) is 11.4 Å². The van der Waals surface area contributed by atoms with Gasteiger partial charge in [0, 0.05) is 17.8 Å². The van der Waals surface area contributed by atoms with Gasteiger partial charge in [-0.1, -0.05) is 30.3 Å². The van der Waals surface area contributed by atoms with Crippen molar-refractivity contribution >= 4 is 33.6 Å². The summed E-state index contributed by atoms with van der Waals surface area (Å²) < 4.78 is 37.8. The first-order valence-corrected chi connectivity index (χ1v) is 8.56. The van der Waals surface area contributed by atoms with E-state index >= 15 is 0 Å². The van der Waals surface area contributed by atoms with Crippen LogP contribution in [0.4, 0.5) is 24.5 Å². The van der Waals surface area contributed by atoms with Crippen molar-refractivity contribution in [3.05, 3.63) is 72.3 Å². The minimum atomic E-state index is -4.33. The highest BCUT2D eigenvalue weighted by Crippen LogP contribution is 2.30. The van der Waals surface area contributed by atoms with Gasteiger partial charge in [0.05, 0.1) is 16.9 Å². The maximum absolute atomic E-state index is 12.6. The summed E-state index contributed by atoms with van der Waals surface area (Å²) in [5, 5.41) is 2.29. The van der Waals surface area contributed by atoms with Crippen molar-refractivity contribution in [1.82, 2.24) is 0 Å². The first-order chi connectivity index (χ1) is 12.8. The molecule has 0 bridgehead atoms. The monoisotopic (exact) mass is 368 g/mol. The van der Waals surface area contributed by atoms with E-state index in [0.29, 0.717) is 12.1 Å². The molecule has 0 saturated carbocycles. The summed E-state index contributed by atoms with van der Waals surface area (Å²) in [6.07, 6.45) is -3.78. The molecule has 0 amide bonds. The molecule has 3 rings (SSSR count). The van der Waals surface area contributed by atoms with Gasteiger partial charge < -0.3 is 0 Å². The molecule has 138 valence electrons. The lowest BCUT2D eigenvalue weighted by Gasteiger charge is -2.06. The Kier molecular flexibility index (Phi) is 5.40. The van der Waals surface area contributed by atoms with E-state index in [1.54, 1.807) is 0 Å². The molecule has 3 aromatic rings. The van der Waals surface area contributed by atoms with Gasteiger partial charge in [-0.3, -0.25) is 9.98 Å². The number of nitrogens with zero attached hydrogens (tertiary/aromatic N) is 2. The largest absolute Gasteiger partial charge is 0.416 e. The number of halogens is 3. The molecule has 0 aliphatic rings. The highest BCUT2D eigenvalue weighted by atomic mass is 19.4. The molecule has 27 heavy (non-hydrogen) atoms. The standard InChI is InChI=1S/C22H19F3N2/c1-15(26-20-11-8-19(9-12-20)22(23,24)25)13-16(2)27-21-10-7-17-5-3-4-6-18(17)14-21/h3-12,14H,13H2,1-2H3. The van der Waals surface area contributed by atoms with E-state index in [1.165, 1.54) is 12.1 Å². The van der Waals surface area contributed by atoms with Gasteiger partial charge in [0.2, 0.25) is 0 Å². The quantitative estimate of drug-likeness (QED) is 0.438. The van der Waals surface area contributed by atoms with Gasteiger partial charge in [-0.05, 0) is 61.0 Å². The first-order valence-electron chi connectivity index (χ1n) is 8.56. The van der Waals surface area contributed by atoms with Crippen molar-refractivity contribution in [2.45, 2.75) is 26.4 Å². The highest BCUT2D eigenvalue weighted by molar-refractivity contribution is 6.04. The lowest BCUT2D eigenvalue weighted by molar-refractivity contribution is -0.137. The Balaban J connectivity index is 1.72. The Bertz CT molecular complexity index is 1000. The summed E-state index contributed by atoms with van der Waals surface area (Å²) in [4.78, 5) is 9.01. The van der Waals surface area contributed by atoms with E-state index in [-0.39, 0.29) is 0 Å². The van der Waals surface area contributed by atoms with Gasteiger partial charge in [0.15, 0.2) is 0 Å². The predicted molar refractivity (Wildman–Crippen MR) is 106 cm³/mol. The Morgan fingerprint density at radius 2 is 1.30 bits per heavy atom. The molecule has 0 fully saturated rings. The van der Waals surface area contributed by atoms with E-state index in [0.717, 1.165) is 40.0 Å². The molecule has 0 radical (unpaired) electrons. The number of alkyl halides is 3. The summed E-state index contributed by atoms with van der Waals surface area (Å²) in [5.41, 5.74) is 2.37. The normalized spacial score (nSPS) is 13.2. The fraction of sp³-hybridized carbons (Fsp3) is 0.182. The summed E-state index contributed by atoms with van der Waals surface area (Å²) in [6.45, 7) is 3.76. The maximum Gasteiger partial charge on any atom is 0.416 e. The van der Waals surface area contributed by atoms with Crippen molar-refractivity contribution in [3.63, 3.8) is 0 Å². The van der Waals surface area contributed by atoms with Gasteiger partial charge in [-0.15, -0.1) is 0 Å². The van der Waals surface area contributed by atoms with Crippen LogP contribution in [0.5, 0.6) is 0 Å². The van der Waals surface area contributed by atoms with Crippen LogP contribution in [0.2, 0.25) is 0 Å². The van der Waals surface area contributed by atoms with Gasteiger partial charge in [-0.2, -0.15) is 13.2 Å². The van der Waals surface area contributed by atoms with E-state index in [4.69, 9.17) is 0 Å². The second kappa shape index (κ2) is 7.74. The maximum atomic E-state index is 12.6. The molecule has 0 aliphatic carbocycles. The molecule has 3 aromatic carbocycles. The summed E-state index contributed by atoms with van der Waals surface area (Å²) in [7, 11) is 0. The second-order valence-electron chi connectivity index (χ2n) is 6.45. The molecule has 0 atom stereocenters. The van der Waals surface area contributed by atoms with Crippen LogP contribution >= 0.6 is 0 Å². The van der Waals surface area contributed by atoms with E-state index < -0.39 is 11.7 Å². The zero-order valence-corrected chi connectivity index (χ0v) is 15.1. The van der Waals surface area contributed by atoms with Gasteiger partial charge in [0.1, 0.15) is 0 Å². The van der Waals surface area contributed by atoms with Crippen LogP contribution in [0.25, 0.3) is 10.8 Å². The van der Waals surface area contributed by atoms with Gasteiger partial charge in [-0.25, -0.2) is 0 Å². The fourth-order valence-electron chi connectivity index (χ4n) is 2.86. The molecule has 5 heteroatoms. The third kappa shape index (κ3) is 5.03. The number of hydrogen-bond donors (Lipinski definition) is 0. The Labute approximate surface area is 156 Å². The van der Waals surface area contributed by atoms with E-state index in [2.05, 4.69) is 16.1 Å². The average Bonchev–Trinajstić information content (AvgIpc) is 2.61. The number of fused-ring (bicyclic) bond motifs is 1. The molecule has 0 aromatic heterocycles. The number of aliphatic imine (C=N–C) groups is 2. The molecule has 2 nitrogen and oxygen atoms in total. The SMILES string of the molecule is CC(CC(C)=Nc1ccc2ccccc2c1)=Nc1ccc(C(F)(F)F)cc1. The zero-order chi connectivity index (χ0) is 19.4. The van der Waals surface area contributed by atoms with Crippen molar-refractivity contribution in [2.75, 3.05) is 0 Å². The number of benzene rings is 3. The fourth-order valence-corrected chi connectivity index (χ4v) is 2.86. The van der Waals surface area contributed by atoms with Crippen LogP contribution in [0, 0.1) is 0 Å². The van der Waals surface area contributed by atoms with Crippen molar-refractivity contribution in [3.8, 4) is 0 Å². The molecule has 0 spiro atoms. The lowest BCUT2D eigenvalue weighted by Crippen LogP contribution is -2.04. The van der Waals surface area contributed by atoms with Crippen LogP contribution < -0.4 is 0 Å². The summed E-state index contributed by atoms with van der Waals surface area (Å²) in [5.74, 6) is 0. The number of rotatable bonds is 4. The molecule has 0 N–H and O–H groups in total. The summed E-state index contributed by atoms with van der Waals surface area (Å²) in [6, 6.07) is 19.0. The smallest absolute Gasteiger partial charge is 0.258 e. The van der Waals surface area contributed by atoms with Crippen molar-refractivity contribution in [1.29, 1.82) is 0 Å². The van der Waals surface area contributed by atoms with Crippen LogP contribution in [0.1, 0.15) is 25.8 Å². The van der Waals surface area contributed by atoms with Crippen LogP contribution in [0.15, 0.2) is 76.7 Å². The molecular formula is C22H19F3N2. The van der Waals surface area contributed by atoms with E-state index in [9.17, 15) is 13.2 Å². The van der Waals surface area contributed by atoms with Crippen LogP contribution in [0.3, 0.4) is 0 Å². The molecule has 0 aliphatic heterocycles. The third-order valence-corrected chi connectivity index (χ3v) is 4.08. The Hall–Kier alpha value is -2.95. The Morgan fingerprint density at radius 1 is 0.741 bits per heavy atom. The first kappa shape index (κ1) is 18.8. The highest BCUT2D eigenvalue weighted by Gasteiger charge is 2.29. The second-order valence-corrected chi connectivity index (χ2v) is 6.45. The molecule has 0 heterocycles. The Morgan fingerprint density at radius 3 is 1.93 bits per heavy atom.